The highest BCUT2D eigenvalue weighted by Crippen LogP contribution is 2.20. The third-order valence-electron chi connectivity index (χ3n) is 3.83. The molecular formula is C19H17NO5. The maximum atomic E-state index is 11.8. The van der Waals surface area contributed by atoms with Gasteiger partial charge in [-0.3, -0.25) is 4.79 Å². The maximum Gasteiger partial charge on any atom is 0.408 e. The van der Waals surface area contributed by atoms with Gasteiger partial charge in [-0.2, -0.15) is 0 Å². The Bertz CT molecular complexity index is 787. The summed E-state index contributed by atoms with van der Waals surface area (Å²) in [4.78, 5) is 34.3. The maximum absolute atomic E-state index is 11.8. The van der Waals surface area contributed by atoms with Crippen molar-refractivity contribution >= 4 is 18.0 Å². The first-order valence-corrected chi connectivity index (χ1v) is 7.94. The van der Waals surface area contributed by atoms with Gasteiger partial charge >= 0.3 is 18.0 Å². The second kappa shape index (κ2) is 7.61. The number of carbonyl (C=O) groups is 3. The lowest BCUT2D eigenvalue weighted by Gasteiger charge is -2.20. The van der Waals surface area contributed by atoms with Crippen molar-refractivity contribution in [2.75, 3.05) is 0 Å². The molecule has 0 aliphatic carbocycles. The van der Waals surface area contributed by atoms with Crippen LogP contribution in [0, 0.1) is 0 Å². The summed E-state index contributed by atoms with van der Waals surface area (Å²) < 4.78 is 9.63. The number of ether oxygens (including phenoxy) is 2. The van der Waals surface area contributed by atoms with Crippen molar-refractivity contribution in [1.82, 2.24) is 5.32 Å². The van der Waals surface area contributed by atoms with E-state index in [1.54, 1.807) is 0 Å². The highest BCUT2D eigenvalue weighted by atomic mass is 16.6. The first-order valence-electron chi connectivity index (χ1n) is 7.94. The number of carbonyl (C=O) groups excluding carboxylic acids is 3. The molecule has 1 fully saturated rings. The van der Waals surface area contributed by atoms with Crippen LogP contribution in [0.4, 0.5) is 4.79 Å². The Balaban J connectivity index is 1.56. The summed E-state index contributed by atoms with van der Waals surface area (Å²) in [6, 6.07) is 16.7. The summed E-state index contributed by atoms with van der Waals surface area (Å²) in [5.74, 6) is -1.33. The minimum atomic E-state index is -0.846. The van der Waals surface area contributed by atoms with Crippen LogP contribution < -0.4 is 5.32 Å². The van der Waals surface area contributed by atoms with Crippen LogP contribution in [-0.4, -0.2) is 24.1 Å². The van der Waals surface area contributed by atoms with E-state index < -0.39 is 24.1 Å². The number of esters is 2. The molecule has 3 rings (SSSR count). The number of benzene rings is 2. The van der Waals surface area contributed by atoms with Crippen LogP contribution >= 0.6 is 0 Å². The number of nitrogens with one attached hydrogen (secondary N) is 1. The minimum absolute atomic E-state index is 0.0766. The fourth-order valence-corrected chi connectivity index (χ4v) is 2.55. The molecule has 1 aliphatic heterocycles. The minimum Gasteiger partial charge on any atom is -0.445 e. The first-order chi connectivity index (χ1) is 12.1. The summed E-state index contributed by atoms with van der Waals surface area (Å²) in [7, 11) is 0. The lowest BCUT2D eigenvalue weighted by atomic mass is 10.0. The number of alkyl carbamates (subject to hydrolysis) is 1. The first kappa shape index (κ1) is 16.7. The molecule has 0 radical (unpaired) electrons. The predicted molar refractivity (Wildman–Crippen MR) is 89.3 cm³/mol. The van der Waals surface area contributed by atoms with Crippen LogP contribution in [0.5, 0.6) is 0 Å². The molecule has 128 valence electrons. The van der Waals surface area contributed by atoms with Crippen molar-refractivity contribution in [3.63, 3.8) is 0 Å². The molecule has 0 unspecified atom stereocenters. The number of cyclic esters (lactones) is 2. The molecule has 0 saturated carbocycles. The topological polar surface area (TPSA) is 81.7 Å². The highest BCUT2D eigenvalue weighted by Gasteiger charge is 2.30. The summed E-state index contributed by atoms with van der Waals surface area (Å²) >= 11 is 0. The van der Waals surface area contributed by atoms with Crippen LogP contribution in [0.15, 0.2) is 54.6 Å². The molecule has 1 saturated heterocycles. The van der Waals surface area contributed by atoms with Crippen molar-refractivity contribution < 1.29 is 23.9 Å². The van der Waals surface area contributed by atoms with Crippen molar-refractivity contribution in [2.24, 2.45) is 0 Å². The molecule has 1 atom stereocenters. The number of hydrogen-bond acceptors (Lipinski definition) is 5. The summed E-state index contributed by atoms with van der Waals surface area (Å²) in [5.41, 5.74) is 2.93. The zero-order valence-corrected chi connectivity index (χ0v) is 13.4. The van der Waals surface area contributed by atoms with Crippen molar-refractivity contribution in [1.29, 1.82) is 0 Å². The van der Waals surface area contributed by atoms with Crippen LogP contribution in [0.2, 0.25) is 0 Å². The zero-order valence-electron chi connectivity index (χ0n) is 13.4. The molecule has 25 heavy (non-hydrogen) atoms. The van der Waals surface area contributed by atoms with Gasteiger partial charge in [-0.1, -0.05) is 48.5 Å². The average molecular weight is 339 g/mol. The van der Waals surface area contributed by atoms with Crippen LogP contribution in [0.3, 0.4) is 0 Å². The van der Waals surface area contributed by atoms with Crippen molar-refractivity contribution in [3.8, 4) is 11.1 Å². The van der Waals surface area contributed by atoms with E-state index in [1.807, 2.05) is 54.6 Å². The van der Waals surface area contributed by atoms with Gasteiger partial charge in [0.05, 0.1) is 0 Å². The molecule has 0 aromatic heterocycles. The molecule has 1 N–H and O–H groups in total. The van der Waals surface area contributed by atoms with Gasteiger partial charge in [0.2, 0.25) is 0 Å². The van der Waals surface area contributed by atoms with E-state index in [1.165, 1.54) is 0 Å². The second-order valence-electron chi connectivity index (χ2n) is 5.67. The van der Waals surface area contributed by atoms with Crippen LogP contribution in [0.1, 0.15) is 18.4 Å². The molecule has 2 aromatic carbocycles. The van der Waals surface area contributed by atoms with Gasteiger partial charge in [-0.05, 0) is 29.2 Å². The van der Waals surface area contributed by atoms with Gasteiger partial charge < -0.3 is 14.8 Å². The number of amides is 1. The molecule has 6 nitrogen and oxygen atoms in total. The third-order valence-corrected chi connectivity index (χ3v) is 3.83. The van der Waals surface area contributed by atoms with E-state index >= 15 is 0 Å². The molecule has 1 aliphatic rings. The average Bonchev–Trinajstić information content (AvgIpc) is 2.63. The fourth-order valence-electron chi connectivity index (χ4n) is 2.55. The van der Waals surface area contributed by atoms with Gasteiger partial charge in [0.1, 0.15) is 12.6 Å². The Morgan fingerprint density at radius 3 is 2.60 bits per heavy atom. The molecule has 6 heteroatoms. The Morgan fingerprint density at radius 1 is 1.08 bits per heavy atom. The second-order valence-corrected chi connectivity index (χ2v) is 5.67. The van der Waals surface area contributed by atoms with Gasteiger partial charge in [-0.15, -0.1) is 0 Å². The smallest absolute Gasteiger partial charge is 0.408 e. The van der Waals surface area contributed by atoms with Crippen molar-refractivity contribution in [3.05, 3.63) is 60.2 Å². The van der Waals surface area contributed by atoms with Crippen LogP contribution in [-0.2, 0) is 25.7 Å². The Morgan fingerprint density at radius 2 is 1.84 bits per heavy atom. The Labute approximate surface area is 144 Å². The summed E-state index contributed by atoms with van der Waals surface area (Å²) in [5, 5.41) is 2.42. The van der Waals surface area contributed by atoms with Gasteiger partial charge in [0, 0.05) is 6.42 Å². The number of hydrogen-bond donors (Lipinski definition) is 1. The van der Waals surface area contributed by atoms with Crippen molar-refractivity contribution in [2.45, 2.75) is 25.5 Å². The standard InChI is InChI=1S/C19H17NO5/c21-17-10-9-16(18(22)25-17)20-19(23)24-12-13-5-4-8-15(11-13)14-6-2-1-3-7-14/h1-8,11,16H,9-10,12H2,(H,20,23)/t16-/m0/s1. The van der Waals surface area contributed by atoms with Gasteiger partial charge in [0.25, 0.3) is 0 Å². The normalized spacial score (nSPS) is 16.9. The molecular weight excluding hydrogens is 322 g/mol. The fraction of sp³-hybridized carbons (Fsp3) is 0.211. The molecule has 0 spiro atoms. The zero-order chi connectivity index (χ0) is 17.6. The van der Waals surface area contributed by atoms with E-state index in [4.69, 9.17) is 4.74 Å². The Kier molecular flexibility index (Phi) is 5.09. The lowest BCUT2D eigenvalue weighted by molar-refractivity contribution is -0.165. The number of rotatable bonds is 4. The van der Waals surface area contributed by atoms with Crippen LogP contribution in [0.25, 0.3) is 11.1 Å². The molecule has 0 bridgehead atoms. The molecule has 2 aromatic rings. The third kappa shape index (κ3) is 4.44. The van der Waals surface area contributed by atoms with E-state index in [9.17, 15) is 14.4 Å². The Hall–Kier alpha value is -3.15. The summed E-state index contributed by atoms with van der Waals surface area (Å²) in [6.07, 6.45) is -0.409. The predicted octanol–water partition coefficient (Wildman–Crippen LogP) is 2.81. The van der Waals surface area contributed by atoms with E-state index in [-0.39, 0.29) is 19.4 Å². The SMILES string of the molecule is O=C1CC[C@H](NC(=O)OCc2cccc(-c3ccccc3)c2)C(=O)O1. The van der Waals surface area contributed by atoms with E-state index in [0.29, 0.717) is 0 Å². The van der Waals surface area contributed by atoms with E-state index in [2.05, 4.69) is 10.1 Å². The lowest BCUT2D eigenvalue weighted by Crippen LogP contribution is -2.45. The largest absolute Gasteiger partial charge is 0.445 e. The van der Waals surface area contributed by atoms with Gasteiger partial charge in [-0.25, -0.2) is 9.59 Å². The highest BCUT2D eigenvalue weighted by molar-refractivity contribution is 5.93. The van der Waals surface area contributed by atoms with Gasteiger partial charge in [0.15, 0.2) is 0 Å². The molecule has 1 amide bonds. The monoisotopic (exact) mass is 339 g/mol. The quantitative estimate of drug-likeness (QED) is 0.684. The molecule has 1 heterocycles. The summed E-state index contributed by atoms with van der Waals surface area (Å²) in [6.45, 7) is 0.0766. The van der Waals surface area contributed by atoms with E-state index in [0.717, 1.165) is 16.7 Å².